The Balaban J connectivity index is 2.07. The van der Waals surface area contributed by atoms with Gasteiger partial charge in [0.15, 0.2) is 9.84 Å². The first-order chi connectivity index (χ1) is 10.0. The summed E-state index contributed by atoms with van der Waals surface area (Å²) in [6.45, 7) is 1.62. The first-order valence-corrected chi connectivity index (χ1v) is 8.89. The predicted octanol–water partition coefficient (Wildman–Crippen LogP) is 1.62. The van der Waals surface area contributed by atoms with E-state index in [4.69, 9.17) is 5.73 Å². The second-order valence-corrected chi connectivity index (χ2v) is 7.14. The fourth-order valence-corrected chi connectivity index (χ4v) is 2.80. The zero-order valence-corrected chi connectivity index (χ0v) is 13.0. The van der Waals surface area contributed by atoms with Gasteiger partial charge in [0, 0.05) is 31.6 Å². The zero-order chi connectivity index (χ0) is 15.3. The number of aryl methyl sites for hydroxylation is 1. The van der Waals surface area contributed by atoms with Crippen LogP contribution in [0, 0.1) is 0 Å². The molecule has 0 aliphatic rings. The van der Waals surface area contributed by atoms with E-state index in [9.17, 15) is 8.42 Å². The van der Waals surface area contributed by atoms with Gasteiger partial charge in [-0.25, -0.2) is 13.4 Å². The van der Waals surface area contributed by atoms with Crippen LogP contribution in [0.2, 0.25) is 0 Å². The van der Waals surface area contributed by atoms with E-state index in [1.165, 1.54) is 6.26 Å². The van der Waals surface area contributed by atoms with Gasteiger partial charge in [-0.3, -0.25) is 0 Å². The third-order valence-electron chi connectivity index (χ3n) is 3.37. The van der Waals surface area contributed by atoms with E-state index in [2.05, 4.69) is 9.55 Å². The molecule has 5 nitrogen and oxygen atoms in total. The number of aromatic nitrogens is 2. The summed E-state index contributed by atoms with van der Waals surface area (Å²) in [6, 6.07) is 6.98. The molecule has 0 saturated carbocycles. The van der Waals surface area contributed by atoms with Gasteiger partial charge < -0.3 is 10.3 Å². The maximum Gasteiger partial charge on any atom is 0.175 e. The lowest BCUT2D eigenvalue weighted by Gasteiger charge is -2.08. The Hall–Kier alpha value is -1.66. The Labute approximate surface area is 125 Å². The highest BCUT2D eigenvalue weighted by Gasteiger charge is 2.08. The van der Waals surface area contributed by atoms with E-state index in [1.54, 1.807) is 18.3 Å². The molecule has 0 unspecified atom stereocenters. The number of hydrogen-bond donors (Lipinski definition) is 1. The Morgan fingerprint density at radius 2 is 1.90 bits per heavy atom. The molecule has 2 aromatic rings. The van der Waals surface area contributed by atoms with Gasteiger partial charge in [-0.15, -0.1) is 0 Å². The van der Waals surface area contributed by atoms with Crippen LogP contribution in [0.3, 0.4) is 0 Å². The highest BCUT2D eigenvalue weighted by molar-refractivity contribution is 7.90. The van der Waals surface area contributed by atoms with Gasteiger partial charge in [-0.1, -0.05) is 12.1 Å². The van der Waals surface area contributed by atoms with Gasteiger partial charge in [-0.05, 0) is 37.1 Å². The molecule has 1 heterocycles. The molecule has 2 rings (SSSR count). The highest BCUT2D eigenvalue weighted by atomic mass is 32.2. The molecule has 1 aromatic carbocycles. The average molecular weight is 307 g/mol. The predicted molar refractivity (Wildman–Crippen MR) is 82.9 cm³/mol. The van der Waals surface area contributed by atoms with Crippen molar-refractivity contribution in [3.05, 3.63) is 48.0 Å². The summed E-state index contributed by atoms with van der Waals surface area (Å²) in [5.41, 5.74) is 6.55. The standard InChI is InChI=1S/C15H21N3O2S/c1-21(19,20)14-6-4-13(5-7-14)12-15-17-9-11-18(15)10-3-2-8-16/h4-7,9,11H,2-3,8,10,12,16H2,1H3. The molecule has 0 bridgehead atoms. The maximum atomic E-state index is 11.4. The molecule has 1 aromatic heterocycles. The van der Waals surface area contributed by atoms with Crippen molar-refractivity contribution in [3.8, 4) is 0 Å². The zero-order valence-electron chi connectivity index (χ0n) is 12.2. The van der Waals surface area contributed by atoms with E-state index in [0.29, 0.717) is 17.9 Å². The largest absolute Gasteiger partial charge is 0.335 e. The van der Waals surface area contributed by atoms with E-state index >= 15 is 0 Å². The number of nitrogens with zero attached hydrogens (tertiary/aromatic N) is 2. The van der Waals surface area contributed by atoms with Crippen molar-refractivity contribution in [2.45, 2.75) is 30.7 Å². The van der Waals surface area contributed by atoms with Crippen LogP contribution in [0.1, 0.15) is 24.2 Å². The highest BCUT2D eigenvalue weighted by Crippen LogP contribution is 2.13. The molecule has 0 aliphatic heterocycles. The van der Waals surface area contributed by atoms with Crippen molar-refractivity contribution in [2.75, 3.05) is 12.8 Å². The third kappa shape index (κ3) is 4.41. The molecule has 0 aliphatic carbocycles. The fraction of sp³-hybridized carbons (Fsp3) is 0.400. The van der Waals surface area contributed by atoms with Crippen molar-refractivity contribution in [3.63, 3.8) is 0 Å². The normalized spacial score (nSPS) is 11.7. The van der Waals surface area contributed by atoms with Gasteiger partial charge in [-0.2, -0.15) is 0 Å². The van der Waals surface area contributed by atoms with Crippen molar-refractivity contribution < 1.29 is 8.42 Å². The molecular weight excluding hydrogens is 286 g/mol. The van der Waals surface area contributed by atoms with Crippen LogP contribution in [-0.2, 0) is 22.8 Å². The molecule has 0 atom stereocenters. The summed E-state index contributed by atoms with van der Waals surface area (Å²) in [7, 11) is -3.14. The lowest BCUT2D eigenvalue weighted by Crippen LogP contribution is -2.06. The summed E-state index contributed by atoms with van der Waals surface area (Å²) < 4.78 is 25.0. The number of sulfone groups is 1. The molecule has 0 saturated heterocycles. The van der Waals surface area contributed by atoms with Crippen molar-refractivity contribution >= 4 is 9.84 Å². The van der Waals surface area contributed by atoms with Crippen LogP contribution < -0.4 is 5.73 Å². The SMILES string of the molecule is CS(=O)(=O)c1ccc(Cc2nccn2CCCCN)cc1. The van der Waals surface area contributed by atoms with E-state index < -0.39 is 9.84 Å². The first-order valence-electron chi connectivity index (χ1n) is 7.00. The molecule has 114 valence electrons. The molecule has 2 N–H and O–H groups in total. The van der Waals surface area contributed by atoms with Crippen molar-refractivity contribution in [1.29, 1.82) is 0 Å². The summed E-state index contributed by atoms with van der Waals surface area (Å²) in [5.74, 6) is 0.985. The number of benzene rings is 1. The van der Waals surface area contributed by atoms with Crippen molar-refractivity contribution in [1.82, 2.24) is 9.55 Å². The van der Waals surface area contributed by atoms with Gasteiger partial charge in [0.05, 0.1) is 4.90 Å². The van der Waals surface area contributed by atoms with Crippen LogP contribution in [0.15, 0.2) is 41.6 Å². The van der Waals surface area contributed by atoms with Gasteiger partial charge in [0.1, 0.15) is 5.82 Å². The van der Waals surface area contributed by atoms with E-state index in [0.717, 1.165) is 30.8 Å². The Bertz CT molecular complexity index is 675. The van der Waals surface area contributed by atoms with Gasteiger partial charge >= 0.3 is 0 Å². The number of nitrogens with two attached hydrogens (primary N) is 1. The van der Waals surface area contributed by atoms with Crippen LogP contribution in [-0.4, -0.2) is 30.8 Å². The van der Waals surface area contributed by atoms with Crippen LogP contribution >= 0.6 is 0 Å². The third-order valence-corrected chi connectivity index (χ3v) is 4.50. The summed E-state index contributed by atoms with van der Waals surface area (Å²) in [6.07, 6.45) is 7.71. The lowest BCUT2D eigenvalue weighted by molar-refractivity contribution is 0.595. The second kappa shape index (κ2) is 6.87. The monoisotopic (exact) mass is 307 g/mol. The first kappa shape index (κ1) is 15.7. The molecular formula is C15H21N3O2S. The minimum absolute atomic E-state index is 0.345. The minimum atomic E-state index is -3.14. The Morgan fingerprint density at radius 1 is 1.19 bits per heavy atom. The van der Waals surface area contributed by atoms with Gasteiger partial charge in [0.2, 0.25) is 0 Å². The average Bonchev–Trinajstić information content (AvgIpc) is 2.86. The maximum absolute atomic E-state index is 11.4. The molecule has 6 heteroatoms. The number of rotatable bonds is 7. The van der Waals surface area contributed by atoms with Crippen LogP contribution in [0.5, 0.6) is 0 Å². The molecule has 21 heavy (non-hydrogen) atoms. The number of unbranched alkanes of at least 4 members (excludes halogenated alkanes) is 1. The Kier molecular flexibility index (Phi) is 5.14. The lowest BCUT2D eigenvalue weighted by atomic mass is 10.1. The van der Waals surface area contributed by atoms with Crippen molar-refractivity contribution in [2.24, 2.45) is 5.73 Å². The summed E-state index contributed by atoms with van der Waals surface area (Å²) in [4.78, 5) is 4.72. The molecule has 0 radical (unpaired) electrons. The topological polar surface area (TPSA) is 78.0 Å². The quantitative estimate of drug-likeness (QED) is 0.788. The van der Waals surface area contributed by atoms with E-state index in [-0.39, 0.29) is 0 Å². The van der Waals surface area contributed by atoms with Crippen LogP contribution in [0.4, 0.5) is 0 Å². The molecule has 0 amide bonds. The summed E-state index contributed by atoms with van der Waals surface area (Å²) >= 11 is 0. The number of imidazole rings is 1. The van der Waals surface area contributed by atoms with Gasteiger partial charge in [0.25, 0.3) is 0 Å². The Morgan fingerprint density at radius 3 is 2.52 bits per heavy atom. The van der Waals surface area contributed by atoms with Crippen LogP contribution in [0.25, 0.3) is 0 Å². The molecule has 0 spiro atoms. The number of hydrogen-bond acceptors (Lipinski definition) is 4. The molecule has 0 fully saturated rings. The summed E-state index contributed by atoms with van der Waals surface area (Å²) in [5, 5.41) is 0. The minimum Gasteiger partial charge on any atom is -0.335 e. The second-order valence-electron chi connectivity index (χ2n) is 5.13. The smallest absolute Gasteiger partial charge is 0.175 e. The fourth-order valence-electron chi connectivity index (χ4n) is 2.17. The van der Waals surface area contributed by atoms with E-state index in [1.807, 2.05) is 18.3 Å².